The van der Waals surface area contributed by atoms with Gasteiger partial charge >= 0.3 is 12.1 Å². The van der Waals surface area contributed by atoms with Gasteiger partial charge in [-0.25, -0.2) is 19.2 Å². The van der Waals surface area contributed by atoms with Gasteiger partial charge in [-0.1, -0.05) is 6.07 Å². The highest BCUT2D eigenvalue weighted by atomic mass is 16.7. The highest BCUT2D eigenvalue weighted by Gasteiger charge is 2.29. The molecule has 14 nitrogen and oxygen atoms in total. The number of ketones is 1. The molecule has 0 aliphatic heterocycles. The molecular formula is C27H30N6O8. The number of ether oxygens (including phenoxy) is 2. The minimum Gasteiger partial charge on any atom is -0.428 e. The van der Waals surface area contributed by atoms with Gasteiger partial charge in [0.05, 0.1) is 17.7 Å². The molecule has 1 aromatic carbocycles. The SMILES string of the molecule is CCNC(=O)c1ccc(C)c(N(C(=O)OCOC(=O)CCC(=O)C=O)c2ncnn3cc(C(=O)NCC)c(C)c23)c1. The lowest BCUT2D eigenvalue weighted by Crippen LogP contribution is -2.31. The summed E-state index contributed by atoms with van der Waals surface area (Å²) in [4.78, 5) is 77.7. The van der Waals surface area contributed by atoms with Crippen LogP contribution in [0.3, 0.4) is 0 Å². The van der Waals surface area contributed by atoms with Crippen LogP contribution in [0.4, 0.5) is 16.3 Å². The lowest BCUT2D eigenvalue weighted by molar-refractivity contribution is -0.152. The summed E-state index contributed by atoms with van der Waals surface area (Å²) in [5.41, 5.74) is 2.18. The van der Waals surface area contributed by atoms with Crippen LogP contribution in [0.25, 0.3) is 5.52 Å². The van der Waals surface area contributed by atoms with Crippen LogP contribution in [0.2, 0.25) is 0 Å². The van der Waals surface area contributed by atoms with Crippen molar-refractivity contribution in [1.29, 1.82) is 0 Å². The summed E-state index contributed by atoms with van der Waals surface area (Å²) in [6.07, 6.45) is 1.07. The molecule has 0 spiro atoms. The number of anilines is 2. The van der Waals surface area contributed by atoms with Gasteiger partial charge in [-0.3, -0.25) is 24.0 Å². The number of amides is 3. The highest BCUT2D eigenvalue weighted by molar-refractivity contribution is 6.25. The number of fused-ring (bicyclic) bond motifs is 1. The minimum absolute atomic E-state index is 0.0390. The van der Waals surface area contributed by atoms with Crippen LogP contribution in [0.5, 0.6) is 0 Å². The van der Waals surface area contributed by atoms with Crippen LogP contribution in [-0.4, -0.2) is 70.4 Å². The molecule has 0 aliphatic carbocycles. The summed E-state index contributed by atoms with van der Waals surface area (Å²) >= 11 is 0. The van der Waals surface area contributed by atoms with Gasteiger partial charge in [0.25, 0.3) is 11.8 Å². The Bertz CT molecular complexity index is 1500. The van der Waals surface area contributed by atoms with Crippen molar-refractivity contribution >= 4 is 53.0 Å². The molecule has 0 atom stereocenters. The molecule has 216 valence electrons. The Balaban J connectivity index is 2.06. The van der Waals surface area contributed by atoms with Crippen molar-refractivity contribution in [3.05, 3.63) is 53.0 Å². The van der Waals surface area contributed by atoms with E-state index in [-0.39, 0.29) is 48.0 Å². The van der Waals surface area contributed by atoms with Crippen molar-refractivity contribution in [2.75, 3.05) is 24.8 Å². The number of Topliss-reactive ketones (excluding diaryl/α,β-unsaturated/α-hetero) is 1. The van der Waals surface area contributed by atoms with Gasteiger partial charge < -0.3 is 20.1 Å². The lowest BCUT2D eigenvalue weighted by atomic mass is 10.1. The van der Waals surface area contributed by atoms with Gasteiger partial charge in [0, 0.05) is 31.3 Å². The van der Waals surface area contributed by atoms with Crippen LogP contribution < -0.4 is 15.5 Å². The molecule has 41 heavy (non-hydrogen) atoms. The minimum atomic E-state index is -1.02. The summed E-state index contributed by atoms with van der Waals surface area (Å²) < 4.78 is 11.5. The third kappa shape index (κ3) is 7.09. The van der Waals surface area contributed by atoms with Crippen molar-refractivity contribution in [1.82, 2.24) is 25.2 Å². The van der Waals surface area contributed by atoms with E-state index in [0.29, 0.717) is 35.3 Å². The first-order valence-electron chi connectivity index (χ1n) is 12.7. The zero-order valence-electron chi connectivity index (χ0n) is 23.1. The first kappa shape index (κ1) is 30.4. The molecule has 14 heteroatoms. The van der Waals surface area contributed by atoms with E-state index >= 15 is 0 Å². The molecule has 0 fully saturated rings. The maximum absolute atomic E-state index is 13.6. The Labute approximate surface area is 235 Å². The Hall–Kier alpha value is -5.14. The average molecular weight is 567 g/mol. The van der Waals surface area contributed by atoms with Crippen molar-refractivity contribution in [2.45, 2.75) is 40.5 Å². The van der Waals surface area contributed by atoms with E-state index in [1.54, 1.807) is 39.8 Å². The topological polar surface area (TPSA) is 178 Å². The number of aldehydes is 1. The fourth-order valence-corrected chi connectivity index (χ4v) is 3.91. The molecule has 0 bridgehead atoms. The molecule has 2 aromatic heterocycles. The average Bonchev–Trinajstić information content (AvgIpc) is 3.30. The summed E-state index contributed by atoms with van der Waals surface area (Å²) in [6.45, 7) is 6.92. The second kappa shape index (κ2) is 13.8. The number of nitrogens with zero attached hydrogens (tertiary/aromatic N) is 4. The third-order valence-electron chi connectivity index (χ3n) is 5.94. The van der Waals surface area contributed by atoms with E-state index in [1.165, 1.54) is 23.1 Å². The van der Waals surface area contributed by atoms with Crippen LogP contribution in [0.1, 0.15) is 58.5 Å². The quantitative estimate of drug-likeness (QED) is 0.143. The van der Waals surface area contributed by atoms with Gasteiger partial charge in [-0.2, -0.15) is 5.10 Å². The number of aromatic nitrogens is 3. The third-order valence-corrected chi connectivity index (χ3v) is 5.94. The monoisotopic (exact) mass is 566 g/mol. The molecule has 0 saturated carbocycles. The molecular weight excluding hydrogens is 536 g/mol. The normalized spacial score (nSPS) is 10.5. The molecule has 2 N–H and O–H groups in total. The number of hydrogen-bond donors (Lipinski definition) is 2. The Morgan fingerprint density at radius 2 is 1.71 bits per heavy atom. The second-order valence-corrected chi connectivity index (χ2v) is 8.73. The van der Waals surface area contributed by atoms with Crippen molar-refractivity contribution < 1.29 is 38.2 Å². The van der Waals surface area contributed by atoms with Gasteiger partial charge in [0.2, 0.25) is 6.79 Å². The largest absolute Gasteiger partial charge is 0.428 e. The molecule has 3 amide bonds. The van der Waals surface area contributed by atoms with E-state index in [1.807, 2.05) is 0 Å². The Morgan fingerprint density at radius 1 is 1.00 bits per heavy atom. The van der Waals surface area contributed by atoms with Crippen LogP contribution in [0, 0.1) is 13.8 Å². The number of nitrogens with one attached hydrogen (secondary N) is 2. The molecule has 0 radical (unpaired) electrons. The predicted molar refractivity (Wildman–Crippen MR) is 145 cm³/mol. The number of esters is 1. The van der Waals surface area contributed by atoms with Gasteiger partial charge in [-0.05, 0) is 51.0 Å². The highest BCUT2D eigenvalue weighted by Crippen LogP contribution is 2.34. The predicted octanol–water partition coefficient (Wildman–Crippen LogP) is 2.17. The first-order chi connectivity index (χ1) is 19.6. The van der Waals surface area contributed by atoms with E-state index in [2.05, 4.69) is 20.7 Å². The first-order valence-corrected chi connectivity index (χ1v) is 12.7. The fraction of sp³-hybridized carbons (Fsp3) is 0.333. The maximum Gasteiger partial charge on any atom is 0.423 e. The lowest BCUT2D eigenvalue weighted by Gasteiger charge is -2.24. The van der Waals surface area contributed by atoms with Crippen LogP contribution in [-0.2, 0) is 23.9 Å². The van der Waals surface area contributed by atoms with E-state index in [9.17, 15) is 28.8 Å². The number of hydrogen-bond acceptors (Lipinski definition) is 10. The molecule has 2 heterocycles. The summed E-state index contributed by atoms with van der Waals surface area (Å²) in [6, 6.07) is 4.73. The van der Waals surface area contributed by atoms with Crippen molar-refractivity contribution in [2.24, 2.45) is 0 Å². The zero-order chi connectivity index (χ0) is 30.1. The summed E-state index contributed by atoms with van der Waals surface area (Å²) in [5.74, 6) is -2.30. The number of carbonyl (C=O) groups is 6. The van der Waals surface area contributed by atoms with Gasteiger partial charge in [0.1, 0.15) is 11.8 Å². The second-order valence-electron chi connectivity index (χ2n) is 8.73. The van der Waals surface area contributed by atoms with Crippen molar-refractivity contribution in [3.8, 4) is 0 Å². The number of benzene rings is 1. The fourth-order valence-electron chi connectivity index (χ4n) is 3.91. The number of aryl methyl sites for hydroxylation is 2. The van der Waals surface area contributed by atoms with E-state index < -0.39 is 24.6 Å². The molecule has 3 rings (SSSR count). The zero-order valence-corrected chi connectivity index (χ0v) is 23.1. The smallest absolute Gasteiger partial charge is 0.423 e. The van der Waals surface area contributed by atoms with E-state index in [4.69, 9.17) is 9.47 Å². The summed E-state index contributed by atoms with van der Waals surface area (Å²) in [5, 5.41) is 9.61. The Morgan fingerprint density at radius 3 is 2.39 bits per heavy atom. The molecule has 0 saturated heterocycles. The number of rotatable bonds is 12. The Kier molecular flexibility index (Phi) is 10.2. The summed E-state index contributed by atoms with van der Waals surface area (Å²) in [7, 11) is 0. The molecule has 3 aromatic rings. The van der Waals surface area contributed by atoms with E-state index in [0.717, 1.165) is 4.90 Å². The standard InChI is InChI=1S/C27H30N6O8/c1-5-28-25(37)18-8-7-16(3)21(11-18)33(27(39)41-15-40-22(36)10-9-19(35)13-34)24-23-17(4)20(26(38)29-6-2)12-32(23)31-14-30-24/h7-8,11-14H,5-6,9-10,15H2,1-4H3,(H,28,37)(H,29,38). The molecule has 0 aliphatic rings. The van der Waals surface area contributed by atoms with Crippen LogP contribution >= 0.6 is 0 Å². The maximum atomic E-state index is 13.6. The number of carbonyl (C=O) groups excluding carboxylic acids is 6. The van der Waals surface area contributed by atoms with Gasteiger partial charge in [-0.15, -0.1) is 0 Å². The van der Waals surface area contributed by atoms with Crippen molar-refractivity contribution in [3.63, 3.8) is 0 Å². The molecule has 0 unspecified atom stereocenters. The van der Waals surface area contributed by atoms with Crippen LogP contribution in [0.15, 0.2) is 30.7 Å². The van der Waals surface area contributed by atoms with Gasteiger partial charge in [0.15, 0.2) is 17.9 Å².